The summed E-state index contributed by atoms with van der Waals surface area (Å²) < 4.78 is 1.11. The van der Waals surface area contributed by atoms with Crippen molar-refractivity contribution in [3.63, 3.8) is 0 Å². The number of halogens is 1. The zero-order valence-corrected chi connectivity index (χ0v) is 14.4. The summed E-state index contributed by atoms with van der Waals surface area (Å²) in [6.45, 7) is 9.61. The van der Waals surface area contributed by atoms with Gasteiger partial charge in [0, 0.05) is 35.9 Å². The van der Waals surface area contributed by atoms with Gasteiger partial charge in [-0.05, 0) is 57.0 Å². The Bertz CT molecular complexity index is 396. The first-order chi connectivity index (χ1) is 9.60. The third-order valence-electron chi connectivity index (χ3n) is 3.27. The van der Waals surface area contributed by atoms with Crippen LogP contribution in [0.1, 0.15) is 39.2 Å². The van der Waals surface area contributed by atoms with Crippen molar-refractivity contribution in [2.45, 2.75) is 46.2 Å². The highest BCUT2D eigenvalue weighted by molar-refractivity contribution is 9.10. The Hall–Kier alpha value is -0.580. The zero-order valence-electron chi connectivity index (χ0n) is 12.8. The van der Waals surface area contributed by atoms with Gasteiger partial charge in [-0.25, -0.2) is 0 Å². The maximum atomic E-state index is 9.08. The number of nitrogens with zero attached hydrogens (tertiary/aromatic N) is 1. The maximum absolute atomic E-state index is 9.08. The summed E-state index contributed by atoms with van der Waals surface area (Å²) in [6, 6.07) is 6.87. The quantitative estimate of drug-likeness (QED) is 0.673. The van der Waals surface area contributed by atoms with Gasteiger partial charge in [-0.15, -0.1) is 0 Å². The number of benzene rings is 1. The van der Waals surface area contributed by atoms with E-state index in [-0.39, 0.29) is 6.61 Å². The SMILES string of the molecule is CCCNCc1cc(Br)ccc1N(CCCO)C(C)C. The van der Waals surface area contributed by atoms with E-state index in [0.29, 0.717) is 6.04 Å². The fourth-order valence-electron chi connectivity index (χ4n) is 2.27. The molecule has 1 aromatic rings. The molecule has 0 saturated heterocycles. The van der Waals surface area contributed by atoms with Crippen molar-refractivity contribution in [2.24, 2.45) is 0 Å². The molecule has 0 aliphatic carbocycles. The van der Waals surface area contributed by atoms with Crippen LogP contribution in [0.3, 0.4) is 0 Å². The molecule has 4 heteroatoms. The second kappa shape index (κ2) is 9.37. The molecule has 20 heavy (non-hydrogen) atoms. The molecule has 114 valence electrons. The van der Waals surface area contributed by atoms with E-state index >= 15 is 0 Å². The Balaban J connectivity index is 2.93. The Morgan fingerprint density at radius 2 is 2.10 bits per heavy atom. The van der Waals surface area contributed by atoms with E-state index in [0.717, 1.165) is 36.9 Å². The van der Waals surface area contributed by atoms with E-state index in [1.807, 2.05) is 0 Å². The summed E-state index contributed by atoms with van der Waals surface area (Å²) in [4.78, 5) is 2.37. The number of hydrogen-bond acceptors (Lipinski definition) is 3. The lowest BCUT2D eigenvalue weighted by Gasteiger charge is -2.31. The van der Waals surface area contributed by atoms with Crippen molar-refractivity contribution < 1.29 is 5.11 Å². The molecule has 0 spiro atoms. The van der Waals surface area contributed by atoms with Gasteiger partial charge in [0.2, 0.25) is 0 Å². The predicted molar refractivity (Wildman–Crippen MR) is 90.3 cm³/mol. The topological polar surface area (TPSA) is 35.5 Å². The van der Waals surface area contributed by atoms with Gasteiger partial charge in [0.1, 0.15) is 0 Å². The molecule has 0 aliphatic rings. The van der Waals surface area contributed by atoms with Crippen LogP contribution in [0.2, 0.25) is 0 Å². The van der Waals surface area contributed by atoms with Crippen molar-refractivity contribution in [1.82, 2.24) is 5.32 Å². The predicted octanol–water partition coefficient (Wildman–Crippen LogP) is 3.55. The number of hydrogen-bond donors (Lipinski definition) is 2. The number of rotatable bonds is 9. The molecule has 0 saturated carbocycles. The molecule has 3 nitrogen and oxygen atoms in total. The van der Waals surface area contributed by atoms with Gasteiger partial charge in [-0.3, -0.25) is 0 Å². The molecular weight excluding hydrogens is 316 g/mol. The van der Waals surface area contributed by atoms with Crippen molar-refractivity contribution in [3.8, 4) is 0 Å². The van der Waals surface area contributed by atoms with Gasteiger partial charge >= 0.3 is 0 Å². The zero-order chi connectivity index (χ0) is 15.0. The highest BCUT2D eigenvalue weighted by atomic mass is 79.9. The summed E-state index contributed by atoms with van der Waals surface area (Å²) in [5, 5.41) is 12.6. The highest BCUT2D eigenvalue weighted by Gasteiger charge is 2.14. The molecule has 0 radical (unpaired) electrons. The van der Waals surface area contributed by atoms with Crippen molar-refractivity contribution in [1.29, 1.82) is 0 Å². The summed E-state index contributed by atoms with van der Waals surface area (Å²) in [5.74, 6) is 0. The molecule has 1 rings (SSSR count). The normalized spacial score (nSPS) is 11.1. The largest absolute Gasteiger partial charge is 0.396 e. The van der Waals surface area contributed by atoms with Gasteiger partial charge < -0.3 is 15.3 Å². The fourth-order valence-corrected chi connectivity index (χ4v) is 2.68. The second-order valence-electron chi connectivity index (χ2n) is 5.31. The Morgan fingerprint density at radius 3 is 2.70 bits per heavy atom. The van der Waals surface area contributed by atoms with Crippen LogP contribution in [0.25, 0.3) is 0 Å². The standard InChI is InChI=1S/C16H27BrN2O/c1-4-8-18-12-14-11-15(17)6-7-16(14)19(13(2)3)9-5-10-20/h6-7,11,13,18,20H,4-5,8-10,12H2,1-3H3. The van der Waals surface area contributed by atoms with Crippen LogP contribution in [-0.4, -0.2) is 30.8 Å². The molecule has 2 N–H and O–H groups in total. The van der Waals surface area contributed by atoms with Gasteiger partial charge in [-0.2, -0.15) is 0 Å². The summed E-state index contributed by atoms with van der Waals surface area (Å²) in [6.07, 6.45) is 1.94. The van der Waals surface area contributed by atoms with Crippen LogP contribution >= 0.6 is 15.9 Å². The average Bonchev–Trinajstić information content (AvgIpc) is 2.41. The van der Waals surface area contributed by atoms with Gasteiger partial charge in [0.05, 0.1) is 0 Å². The Kier molecular flexibility index (Phi) is 8.19. The van der Waals surface area contributed by atoms with E-state index in [1.165, 1.54) is 11.3 Å². The summed E-state index contributed by atoms with van der Waals surface area (Å²) >= 11 is 3.56. The van der Waals surface area contributed by atoms with E-state index < -0.39 is 0 Å². The number of anilines is 1. The fraction of sp³-hybridized carbons (Fsp3) is 0.625. The van der Waals surface area contributed by atoms with E-state index in [2.05, 4.69) is 65.1 Å². The third-order valence-corrected chi connectivity index (χ3v) is 3.77. The molecule has 0 aromatic heterocycles. The lowest BCUT2D eigenvalue weighted by Crippen LogP contribution is -2.33. The van der Waals surface area contributed by atoms with Crippen LogP contribution in [-0.2, 0) is 6.54 Å². The van der Waals surface area contributed by atoms with Crippen molar-refractivity contribution in [3.05, 3.63) is 28.2 Å². The van der Waals surface area contributed by atoms with Crippen LogP contribution < -0.4 is 10.2 Å². The number of aliphatic hydroxyl groups is 1. The minimum atomic E-state index is 0.239. The first-order valence-electron chi connectivity index (χ1n) is 7.46. The molecule has 0 aliphatic heterocycles. The minimum Gasteiger partial charge on any atom is -0.396 e. The molecule has 0 fully saturated rings. The van der Waals surface area contributed by atoms with Crippen molar-refractivity contribution >= 4 is 21.6 Å². The maximum Gasteiger partial charge on any atom is 0.0447 e. The summed E-state index contributed by atoms with van der Waals surface area (Å²) in [7, 11) is 0. The van der Waals surface area contributed by atoms with Crippen LogP contribution in [0.4, 0.5) is 5.69 Å². The van der Waals surface area contributed by atoms with E-state index in [9.17, 15) is 0 Å². The molecule has 0 unspecified atom stereocenters. The van der Waals surface area contributed by atoms with E-state index in [4.69, 9.17) is 5.11 Å². The van der Waals surface area contributed by atoms with Crippen LogP contribution in [0, 0.1) is 0 Å². The molecular formula is C16H27BrN2O. The second-order valence-corrected chi connectivity index (χ2v) is 6.23. The minimum absolute atomic E-state index is 0.239. The van der Waals surface area contributed by atoms with Crippen LogP contribution in [0.15, 0.2) is 22.7 Å². The highest BCUT2D eigenvalue weighted by Crippen LogP contribution is 2.26. The molecule has 0 bridgehead atoms. The van der Waals surface area contributed by atoms with E-state index in [1.54, 1.807) is 0 Å². The number of aliphatic hydroxyl groups excluding tert-OH is 1. The molecule has 0 amide bonds. The Morgan fingerprint density at radius 1 is 1.35 bits per heavy atom. The van der Waals surface area contributed by atoms with Gasteiger partial charge in [0.15, 0.2) is 0 Å². The lowest BCUT2D eigenvalue weighted by molar-refractivity contribution is 0.288. The average molecular weight is 343 g/mol. The lowest BCUT2D eigenvalue weighted by atomic mass is 10.1. The number of nitrogens with one attached hydrogen (secondary N) is 1. The first-order valence-corrected chi connectivity index (χ1v) is 8.26. The van der Waals surface area contributed by atoms with Crippen LogP contribution in [0.5, 0.6) is 0 Å². The van der Waals surface area contributed by atoms with Gasteiger partial charge in [0.25, 0.3) is 0 Å². The third kappa shape index (κ3) is 5.43. The summed E-state index contributed by atoms with van der Waals surface area (Å²) in [5.41, 5.74) is 2.57. The molecule has 1 aromatic carbocycles. The Labute approximate surface area is 131 Å². The molecule has 0 atom stereocenters. The van der Waals surface area contributed by atoms with Gasteiger partial charge in [-0.1, -0.05) is 22.9 Å². The monoisotopic (exact) mass is 342 g/mol. The smallest absolute Gasteiger partial charge is 0.0447 e. The first kappa shape index (κ1) is 17.5. The van der Waals surface area contributed by atoms with Crippen molar-refractivity contribution in [2.75, 3.05) is 24.6 Å². The molecule has 0 heterocycles.